The Kier molecular flexibility index (Phi) is 4.84. The van der Waals surface area contributed by atoms with Crippen molar-refractivity contribution in [3.8, 4) is 12.3 Å². The highest BCUT2D eigenvalue weighted by Gasteiger charge is 2.49. The summed E-state index contributed by atoms with van der Waals surface area (Å²) in [5, 5.41) is 0. The Morgan fingerprint density at radius 3 is 2.14 bits per heavy atom. The Bertz CT molecular complexity index is 919. The molecule has 0 spiro atoms. The fourth-order valence-corrected chi connectivity index (χ4v) is 4.78. The van der Waals surface area contributed by atoms with Crippen LogP contribution in [-0.2, 0) is 10.3 Å². The Labute approximate surface area is 168 Å². The van der Waals surface area contributed by atoms with E-state index >= 15 is 0 Å². The number of rotatable bonds is 3. The summed E-state index contributed by atoms with van der Waals surface area (Å²) in [6.07, 6.45) is 17.4. The molecule has 0 fully saturated rings. The van der Waals surface area contributed by atoms with Gasteiger partial charge in [-0.15, -0.1) is 6.42 Å². The molecule has 2 aromatic rings. The SMILES string of the molecule is C#CC=C1C=CC2OC(c3ccccc3)(c3ccccc3)C=CC2(C)C1CC. The molecule has 0 saturated heterocycles. The zero-order valence-electron chi connectivity index (χ0n) is 16.5. The molecule has 0 radical (unpaired) electrons. The van der Waals surface area contributed by atoms with Crippen LogP contribution in [0.15, 0.2) is 96.6 Å². The van der Waals surface area contributed by atoms with Gasteiger partial charge in [-0.1, -0.05) is 98.7 Å². The first-order chi connectivity index (χ1) is 13.6. The van der Waals surface area contributed by atoms with Crippen molar-refractivity contribution in [2.45, 2.75) is 32.0 Å². The van der Waals surface area contributed by atoms with Crippen molar-refractivity contribution in [3.05, 3.63) is 108 Å². The summed E-state index contributed by atoms with van der Waals surface area (Å²) in [7, 11) is 0. The van der Waals surface area contributed by atoms with E-state index in [-0.39, 0.29) is 11.5 Å². The molecule has 3 unspecified atom stereocenters. The van der Waals surface area contributed by atoms with Crippen LogP contribution in [0.5, 0.6) is 0 Å². The van der Waals surface area contributed by atoms with E-state index in [2.05, 4.69) is 92.6 Å². The van der Waals surface area contributed by atoms with E-state index in [0.717, 1.165) is 17.5 Å². The molecule has 1 heterocycles. The van der Waals surface area contributed by atoms with Gasteiger partial charge in [0.25, 0.3) is 0 Å². The normalized spacial score (nSPS) is 29.2. The number of allylic oxidation sites excluding steroid dienone is 3. The highest BCUT2D eigenvalue weighted by molar-refractivity contribution is 5.46. The second kappa shape index (κ2) is 7.30. The zero-order chi connectivity index (χ0) is 19.6. The molecular formula is C27H26O. The molecule has 4 rings (SSSR count). The molecular weight excluding hydrogens is 340 g/mol. The van der Waals surface area contributed by atoms with Gasteiger partial charge in [-0.25, -0.2) is 0 Å². The maximum atomic E-state index is 6.96. The first-order valence-corrected chi connectivity index (χ1v) is 9.97. The summed E-state index contributed by atoms with van der Waals surface area (Å²) in [5.41, 5.74) is 2.78. The Morgan fingerprint density at radius 1 is 1.00 bits per heavy atom. The Morgan fingerprint density at radius 2 is 1.61 bits per heavy atom. The van der Waals surface area contributed by atoms with E-state index < -0.39 is 5.60 Å². The van der Waals surface area contributed by atoms with Crippen molar-refractivity contribution in [1.29, 1.82) is 0 Å². The van der Waals surface area contributed by atoms with Gasteiger partial charge in [-0.05, 0) is 41.2 Å². The van der Waals surface area contributed by atoms with E-state index in [1.165, 1.54) is 5.57 Å². The Hall–Kier alpha value is -2.82. The third kappa shape index (κ3) is 2.86. The van der Waals surface area contributed by atoms with Crippen LogP contribution in [0.2, 0.25) is 0 Å². The maximum absolute atomic E-state index is 6.96. The second-order valence-electron chi connectivity index (χ2n) is 7.84. The average molecular weight is 367 g/mol. The maximum Gasteiger partial charge on any atom is 0.137 e. The van der Waals surface area contributed by atoms with Crippen molar-refractivity contribution in [1.82, 2.24) is 0 Å². The van der Waals surface area contributed by atoms with Crippen molar-refractivity contribution in [2.24, 2.45) is 11.3 Å². The molecule has 3 atom stereocenters. The van der Waals surface area contributed by atoms with Crippen LogP contribution >= 0.6 is 0 Å². The van der Waals surface area contributed by atoms with Crippen molar-refractivity contribution in [2.75, 3.05) is 0 Å². The molecule has 2 aliphatic rings. The van der Waals surface area contributed by atoms with E-state index in [1.807, 2.05) is 18.2 Å². The molecule has 1 aliphatic carbocycles. The number of ether oxygens (including phenoxy) is 1. The molecule has 2 aromatic carbocycles. The lowest BCUT2D eigenvalue weighted by atomic mass is 9.62. The molecule has 0 N–H and O–H groups in total. The van der Waals surface area contributed by atoms with Gasteiger partial charge >= 0.3 is 0 Å². The summed E-state index contributed by atoms with van der Waals surface area (Å²) < 4.78 is 6.96. The lowest BCUT2D eigenvalue weighted by molar-refractivity contribution is -0.0910. The molecule has 0 aromatic heterocycles. The molecule has 0 amide bonds. The van der Waals surface area contributed by atoms with Gasteiger partial charge in [-0.2, -0.15) is 0 Å². The molecule has 1 heteroatoms. The van der Waals surface area contributed by atoms with E-state index in [9.17, 15) is 0 Å². The third-order valence-electron chi connectivity index (χ3n) is 6.28. The van der Waals surface area contributed by atoms with Gasteiger partial charge < -0.3 is 4.74 Å². The summed E-state index contributed by atoms with van der Waals surface area (Å²) in [5.74, 6) is 3.04. The highest BCUT2D eigenvalue weighted by Crippen LogP contribution is 2.52. The van der Waals surface area contributed by atoms with E-state index in [0.29, 0.717) is 5.92 Å². The fraction of sp³-hybridized carbons (Fsp3) is 0.259. The van der Waals surface area contributed by atoms with Gasteiger partial charge in [-0.3, -0.25) is 0 Å². The predicted octanol–water partition coefficient (Wildman–Crippen LogP) is 6.05. The fourth-order valence-electron chi connectivity index (χ4n) is 4.78. The highest BCUT2D eigenvalue weighted by atomic mass is 16.5. The molecule has 0 saturated carbocycles. The number of fused-ring (bicyclic) bond motifs is 1. The monoisotopic (exact) mass is 366 g/mol. The Balaban J connectivity index is 1.87. The minimum atomic E-state index is -0.595. The van der Waals surface area contributed by atoms with Gasteiger partial charge in [0.1, 0.15) is 5.60 Å². The van der Waals surface area contributed by atoms with Crippen molar-refractivity contribution >= 4 is 0 Å². The molecule has 1 aliphatic heterocycles. The van der Waals surface area contributed by atoms with Crippen LogP contribution in [0.25, 0.3) is 0 Å². The third-order valence-corrected chi connectivity index (χ3v) is 6.28. The van der Waals surface area contributed by atoms with Crippen LogP contribution < -0.4 is 0 Å². The molecule has 28 heavy (non-hydrogen) atoms. The zero-order valence-corrected chi connectivity index (χ0v) is 16.5. The molecule has 1 nitrogen and oxygen atoms in total. The second-order valence-corrected chi connectivity index (χ2v) is 7.84. The van der Waals surface area contributed by atoms with Gasteiger partial charge in [0.05, 0.1) is 6.10 Å². The van der Waals surface area contributed by atoms with E-state index in [1.54, 1.807) is 0 Å². The smallest absolute Gasteiger partial charge is 0.137 e. The predicted molar refractivity (Wildman–Crippen MR) is 116 cm³/mol. The first-order valence-electron chi connectivity index (χ1n) is 9.97. The van der Waals surface area contributed by atoms with Crippen LogP contribution in [-0.4, -0.2) is 6.10 Å². The van der Waals surface area contributed by atoms with Gasteiger partial charge in [0.15, 0.2) is 0 Å². The van der Waals surface area contributed by atoms with Crippen molar-refractivity contribution in [3.63, 3.8) is 0 Å². The lowest BCUT2D eigenvalue weighted by Gasteiger charge is -2.51. The lowest BCUT2D eigenvalue weighted by Crippen LogP contribution is -2.49. The van der Waals surface area contributed by atoms with Gasteiger partial charge in [0, 0.05) is 5.41 Å². The molecule has 140 valence electrons. The van der Waals surface area contributed by atoms with Crippen LogP contribution in [0.3, 0.4) is 0 Å². The minimum Gasteiger partial charge on any atom is -0.353 e. The van der Waals surface area contributed by atoms with Crippen LogP contribution in [0, 0.1) is 23.7 Å². The number of hydrogen-bond acceptors (Lipinski definition) is 1. The quantitative estimate of drug-likeness (QED) is 0.475. The van der Waals surface area contributed by atoms with Crippen LogP contribution in [0.1, 0.15) is 31.4 Å². The summed E-state index contributed by atoms with van der Waals surface area (Å²) in [6, 6.07) is 21.0. The van der Waals surface area contributed by atoms with Crippen molar-refractivity contribution < 1.29 is 4.74 Å². The first kappa shape index (κ1) is 18.5. The van der Waals surface area contributed by atoms with Gasteiger partial charge in [0.2, 0.25) is 0 Å². The largest absolute Gasteiger partial charge is 0.353 e. The minimum absolute atomic E-state index is 0.0298. The average Bonchev–Trinajstić information content (AvgIpc) is 2.75. The molecule has 0 bridgehead atoms. The summed E-state index contributed by atoms with van der Waals surface area (Å²) in [4.78, 5) is 0. The number of benzene rings is 2. The summed E-state index contributed by atoms with van der Waals surface area (Å²) in [6.45, 7) is 4.51. The topological polar surface area (TPSA) is 9.23 Å². The number of terminal acetylenes is 1. The standard InChI is InChI=1S/C27H26O/c1-4-12-21-17-18-25-26(3,24(21)5-2)19-20-27(28-25,22-13-8-6-9-14-22)23-15-10-7-11-16-23/h1,6-20,24-25H,5H2,2-3H3. The van der Waals surface area contributed by atoms with E-state index in [4.69, 9.17) is 11.2 Å². The number of hydrogen-bond donors (Lipinski definition) is 0. The van der Waals surface area contributed by atoms with Crippen LogP contribution in [0.4, 0.5) is 0 Å². The summed E-state index contributed by atoms with van der Waals surface area (Å²) >= 11 is 0.